The van der Waals surface area contributed by atoms with Gasteiger partial charge < -0.3 is 15.6 Å². The van der Waals surface area contributed by atoms with Crippen LogP contribution in [0.5, 0.6) is 0 Å². The molecule has 1 saturated heterocycles. The van der Waals surface area contributed by atoms with Crippen molar-refractivity contribution in [3.05, 3.63) is 41.7 Å². The van der Waals surface area contributed by atoms with Crippen molar-refractivity contribution >= 4 is 26.6 Å². The number of nitrogens with one attached hydrogen (secondary N) is 1. The van der Waals surface area contributed by atoms with E-state index in [0.29, 0.717) is 18.0 Å². The fraction of sp³-hybridized carbons (Fsp3) is 0.600. The van der Waals surface area contributed by atoms with Gasteiger partial charge in [0.05, 0.1) is 0 Å². The second-order valence-corrected chi connectivity index (χ2v) is 10.8. The summed E-state index contributed by atoms with van der Waals surface area (Å²) in [6, 6.07) is 6.42. The van der Waals surface area contributed by atoms with Gasteiger partial charge in [0.25, 0.3) is 10.1 Å². The summed E-state index contributed by atoms with van der Waals surface area (Å²) >= 11 is 0. The van der Waals surface area contributed by atoms with Crippen LogP contribution in [0.25, 0.3) is 16.5 Å². The van der Waals surface area contributed by atoms with Crippen molar-refractivity contribution < 1.29 is 13.0 Å². The lowest BCUT2D eigenvalue weighted by atomic mass is 9.96. The number of nitrogens with zero attached hydrogens (tertiary/aromatic N) is 1. The maximum Gasteiger partial charge on any atom is 0.272 e. The molecule has 1 aromatic carbocycles. The topological polar surface area (TPSA) is 99.4 Å². The highest BCUT2D eigenvalue weighted by Gasteiger charge is 2.28. The second-order valence-electron chi connectivity index (χ2n) is 9.24. The van der Waals surface area contributed by atoms with E-state index in [0.717, 1.165) is 55.1 Å². The molecule has 6 nitrogen and oxygen atoms in total. The zero-order valence-electron chi connectivity index (χ0n) is 19.5. The van der Waals surface area contributed by atoms with Crippen LogP contribution in [-0.4, -0.2) is 47.7 Å². The smallest absolute Gasteiger partial charge is 0.272 e. The standard InChI is InChI=1S/C25H39N3O3S/c1-3-4-5-6-7-8-11-25(32(29,30)31)23(17-26)19-12-13-24-22(16-19)20(18-27-24)15-21-10-9-14-28(21)2/h12-13,16-18,21,25,27H,3-11,14-15,26H2,1-2H3,(H,29,30,31)/b23-17-. The van der Waals surface area contributed by atoms with Crippen molar-refractivity contribution in [2.75, 3.05) is 13.6 Å². The van der Waals surface area contributed by atoms with Gasteiger partial charge >= 0.3 is 0 Å². The molecule has 3 rings (SSSR count). The lowest BCUT2D eigenvalue weighted by Crippen LogP contribution is -2.26. The van der Waals surface area contributed by atoms with Crippen LogP contribution >= 0.6 is 0 Å². The first-order chi connectivity index (χ1) is 15.3. The summed E-state index contributed by atoms with van der Waals surface area (Å²) in [5.41, 5.74) is 9.43. The third-order valence-electron chi connectivity index (χ3n) is 6.93. The third-order valence-corrected chi connectivity index (χ3v) is 8.14. The van der Waals surface area contributed by atoms with E-state index in [-0.39, 0.29) is 0 Å². The van der Waals surface area contributed by atoms with Gasteiger partial charge in [0, 0.05) is 23.1 Å². The van der Waals surface area contributed by atoms with Crippen molar-refractivity contribution in [1.82, 2.24) is 9.88 Å². The van der Waals surface area contributed by atoms with Crippen LogP contribution in [0.15, 0.2) is 30.6 Å². The van der Waals surface area contributed by atoms with Crippen molar-refractivity contribution in [1.29, 1.82) is 0 Å². The second kappa shape index (κ2) is 11.3. The largest absolute Gasteiger partial charge is 0.404 e. The molecule has 2 atom stereocenters. The maximum absolute atomic E-state index is 12.3. The van der Waals surface area contributed by atoms with E-state index in [1.54, 1.807) is 0 Å². The van der Waals surface area contributed by atoms with Crippen molar-refractivity contribution in [3.63, 3.8) is 0 Å². The lowest BCUT2D eigenvalue weighted by Gasteiger charge is -2.19. The van der Waals surface area contributed by atoms with Gasteiger partial charge in [-0.3, -0.25) is 4.55 Å². The number of hydrogen-bond acceptors (Lipinski definition) is 4. The molecular formula is C25H39N3O3S. The highest BCUT2D eigenvalue weighted by Crippen LogP contribution is 2.31. The number of fused-ring (bicyclic) bond motifs is 1. The molecule has 1 aromatic heterocycles. The van der Waals surface area contributed by atoms with Crippen LogP contribution in [0.4, 0.5) is 0 Å². The normalized spacial score (nSPS) is 19.1. The molecule has 2 unspecified atom stereocenters. The Kier molecular flexibility index (Phi) is 8.79. The summed E-state index contributed by atoms with van der Waals surface area (Å²) in [6.07, 6.45) is 13.5. The fourth-order valence-corrected chi connectivity index (χ4v) is 5.98. The monoisotopic (exact) mass is 461 g/mol. The first kappa shape index (κ1) is 24.8. The molecule has 2 aromatic rings. The van der Waals surface area contributed by atoms with Gasteiger partial charge in [-0.1, -0.05) is 51.5 Å². The zero-order valence-corrected chi connectivity index (χ0v) is 20.3. The number of likely N-dealkylation sites (tertiary alicyclic amines) is 1. The maximum atomic E-state index is 12.3. The number of rotatable bonds is 12. The molecule has 0 saturated carbocycles. The summed E-state index contributed by atoms with van der Waals surface area (Å²) in [6.45, 7) is 3.30. The van der Waals surface area contributed by atoms with Gasteiger partial charge in [-0.15, -0.1) is 0 Å². The van der Waals surface area contributed by atoms with Crippen LogP contribution in [0.3, 0.4) is 0 Å². The number of unbranched alkanes of at least 4 members (excludes halogenated alkanes) is 5. The Bertz CT molecular complexity index is 1010. The van der Waals surface area contributed by atoms with E-state index in [2.05, 4.69) is 30.1 Å². The van der Waals surface area contributed by atoms with Crippen molar-refractivity contribution in [2.24, 2.45) is 5.73 Å². The van der Waals surface area contributed by atoms with Crippen LogP contribution in [0, 0.1) is 0 Å². The average molecular weight is 462 g/mol. The van der Waals surface area contributed by atoms with E-state index in [1.165, 1.54) is 37.4 Å². The minimum Gasteiger partial charge on any atom is -0.404 e. The summed E-state index contributed by atoms with van der Waals surface area (Å²) in [5.74, 6) is 0. The summed E-state index contributed by atoms with van der Waals surface area (Å²) < 4.78 is 34.5. The molecule has 4 N–H and O–H groups in total. The minimum atomic E-state index is -4.26. The van der Waals surface area contributed by atoms with Gasteiger partial charge in [0.1, 0.15) is 5.25 Å². The predicted molar refractivity (Wildman–Crippen MR) is 133 cm³/mol. The summed E-state index contributed by atoms with van der Waals surface area (Å²) in [7, 11) is -2.09. The molecule has 0 radical (unpaired) electrons. The van der Waals surface area contributed by atoms with Gasteiger partial charge in [0.2, 0.25) is 0 Å². The Labute approximate surface area is 193 Å². The number of aromatic nitrogens is 1. The van der Waals surface area contributed by atoms with Gasteiger partial charge in [-0.25, -0.2) is 0 Å². The molecule has 0 bridgehead atoms. The molecule has 32 heavy (non-hydrogen) atoms. The predicted octanol–water partition coefficient (Wildman–Crippen LogP) is 5.11. The van der Waals surface area contributed by atoms with Gasteiger partial charge in [-0.2, -0.15) is 8.42 Å². The van der Waals surface area contributed by atoms with Crippen molar-refractivity contribution in [2.45, 2.75) is 82.4 Å². The van der Waals surface area contributed by atoms with Gasteiger partial charge in [-0.05, 0) is 74.3 Å². The molecule has 0 aliphatic carbocycles. The number of aromatic amines is 1. The van der Waals surface area contributed by atoms with Crippen LogP contribution in [-0.2, 0) is 16.5 Å². The molecule has 1 aliphatic heterocycles. The molecular weight excluding hydrogens is 422 g/mol. The van der Waals surface area contributed by atoms with Crippen molar-refractivity contribution in [3.8, 4) is 0 Å². The first-order valence-corrected chi connectivity index (χ1v) is 13.5. The Balaban J connectivity index is 1.80. The van der Waals surface area contributed by atoms with E-state index in [9.17, 15) is 13.0 Å². The van der Waals surface area contributed by atoms with Crippen LogP contribution in [0.1, 0.15) is 75.8 Å². The number of nitrogens with two attached hydrogens (primary N) is 1. The molecule has 7 heteroatoms. The Morgan fingerprint density at radius 1 is 1.28 bits per heavy atom. The SMILES string of the molecule is CCCCCCCCC(/C(=C\N)c1ccc2[nH]cc(CC3CCCN3C)c2c1)S(=O)(=O)O. The van der Waals surface area contributed by atoms with E-state index < -0.39 is 15.4 Å². The summed E-state index contributed by atoms with van der Waals surface area (Å²) in [4.78, 5) is 5.75. The number of hydrogen-bond donors (Lipinski definition) is 3. The Hall–Kier alpha value is -1.83. The van der Waals surface area contributed by atoms with Gasteiger partial charge in [0.15, 0.2) is 0 Å². The zero-order chi connectivity index (χ0) is 23.1. The van der Waals surface area contributed by atoms with E-state index in [1.807, 2.05) is 18.2 Å². The fourth-order valence-electron chi connectivity index (χ4n) is 4.98. The lowest BCUT2D eigenvalue weighted by molar-refractivity contribution is 0.310. The van der Waals surface area contributed by atoms with E-state index >= 15 is 0 Å². The Morgan fingerprint density at radius 2 is 2.03 bits per heavy atom. The highest BCUT2D eigenvalue weighted by molar-refractivity contribution is 7.86. The summed E-state index contributed by atoms with van der Waals surface area (Å²) in [5, 5.41) is 0.0929. The molecule has 178 valence electrons. The van der Waals surface area contributed by atoms with Crippen LogP contribution < -0.4 is 5.73 Å². The average Bonchev–Trinajstić information content (AvgIpc) is 3.35. The Morgan fingerprint density at radius 3 is 2.69 bits per heavy atom. The molecule has 0 amide bonds. The molecule has 0 spiro atoms. The van der Waals surface area contributed by atoms with Crippen LogP contribution in [0.2, 0.25) is 0 Å². The highest BCUT2D eigenvalue weighted by atomic mass is 32.2. The quantitative estimate of drug-likeness (QED) is 0.301. The third kappa shape index (κ3) is 6.15. The molecule has 1 fully saturated rings. The number of H-pyrrole nitrogens is 1. The molecule has 1 aliphatic rings. The van der Waals surface area contributed by atoms with E-state index in [4.69, 9.17) is 5.73 Å². The molecule has 2 heterocycles. The number of likely N-dealkylation sites (N-methyl/N-ethyl adjacent to an activating group) is 1. The minimum absolute atomic E-state index is 0.374. The number of benzene rings is 1. The first-order valence-electron chi connectivity index (χ1n) is 12.0.